The standard InChI is InChI=1S/C22H26N2O4/c1-16(25)24(2)20-8-6-17(7-9-20)15-28-21-5-3-4-19(14-21)22(23-26)18-10-12-27-13-11-18/h3-9,14,18,26H,10-13,15H2,1-2H3/b23-22-. The summed E-state index contributed by atoms with van der Waals surface area (Å²) in [6.45, 7) is 3.33. The highest BCUT2D eigenvalue weighted by Gasteiger charge is 2.22. The molecule has 1 amide bonds. The molecule has 1 aliphatic rings. The number of hydrogen-bond donors (Lipinski definition) is 1. The molecule has 6 nitrogen and oxygen atoms in total. The Hall–Kier alpha value is -2.86. The van der Waals surface area contributed by atoms with Crippen molar-refractivity contribution in [2.75, 3.05) is 25.2 Å². The number of nitrogens with zero attached hydrogens (tertiary/aromatic N) is 2. The molecular weight excluding hydrogens is 356 g/mol. The van der Waals surface area contributed by atoms with Gasteiger partial charge in [0.1, 0.15) is 12.4 Å². The van der Waals surface area contributed by atoms with Gasteiger partial charge in [0.2, 0.25) is 5.91 Å². The van der Waals surface area contributed by atoms with E-state index in [4.69, 9.17) is 9.47 Å². The largest absolute Gasteiger partial charge is 0.489 e. The van der Waals surface area contributed by atoms with Crippen LogP contribution in [0.5, 0.6) is 5.75 Å². The van der Waals surface area contributed by atoms with Crippen LogP contribution in [-0.2, 0) is 16.1 Å². The van der Waals surface area contributed by atoms with Crippen LogP contribution < -0.4 is 9.64 Å². The molecule has 0 atom stereocenters. The summed E-state index contributed by atoms with van der Waals surface area (Å²) in [5.74, 6) is 0.905. The van der Waals surface area contributed by atoms with Gasteiger partial charge < -0.3 is 19.6 Å². The van der Waals surface area contributed by atoms with Gasteiger partial charge in [-0.2, -0.15) is 0 Å². The summed E-state index contributed by atoms with van der Waals surface area (Å²) in [5, 5.41) is 13.1. The molecule has 1 aliphatic heterocycles. The number of ether oxygens (including phenoxy) is 2. The predicted octanol–water partition coefficient (Wildman–Crippen LogP) is 3.85. The number of carbonyl (C=O) groups excluding carboxylic acids is 1. The van der Waals surface area contributed by atoms with Crippen molar-refractivity contribution in [3.05, 3.63) is 59.7 Å². The first-order valence-corrected chi connectivity index (χ1v) is 9.44. The zero-order valence-corrected chi connectivity index (χ0v) is 16.3. The molecule has 0 aromatic heterocycles. The molecule has 2 aromatic rings. The second-order valence-corrected chi connectivity index (χ2v) is 6.93. The van der Waals surface area contributed by atoms with Gasteiger partial charge in [0.15, 0.2) is 0 Å². The van der Waals surface area contributed by atoms with E-state index in [1.165, 1.54) is 6.92 Å². The van der Waals surface area contributed by atoms with Crippen molar-refractivity contribution in [3.8, 4) is 5.75 Å². The van der Waals surface area contributed by atoms with Gasteiger partial charge in [-0.25, -0.2) is 0 Å². The second kappa shape index (κ2) is 9.37. The van der Waals surface area contributed by atoms with E-state index in [2.05, 4.69) is 5.16 Å². The van der Waals surface area contributed by atoms with E-state index in [0.29, 0.717) is 25.5 Å². The molecule has 0 radical (unpaired) electrons. The monoisotopic (exact) mass is 382 g/mol. The Morgan fingerprint density at radius 1 is 1.21 bits per heavy atom. The summed E-state index contributed by atoms with van der Waals surface area (Å²) in [7, 11) is 1.75. The Bertz CT molecular complexity index is 827. The van der Waals surface area contributed by atoms with Gasteiger partial charge in [0, 0.05) is 44.4 Å². The van der Waals surface area contributed by atoms with Gasteiger partial charge in [0.25, 0.3) is 0 Å². The minimum Gasteiger partial charge on any atom is -0.489 e. The first kappa shape index (κ1) is 19.9. The van der Waals surface area contributed by atoms with E-state index >= 15 is 0 Å². The highest BCUT2D eigenvalue weighted by Crippen LogP contribution is 2.24. The Morgan fingerprint density at radius 3 is 2.57 bits per heavy atom. The normalized spacial score (nSPS) is 15.3. The van der Waals surface area contributed by atoms with Crippen LogP contribution in [0.25, 0.3) is 0 Å². The average Bonchev–Trinajstić information content (AvgIpc) is 2.74. The molecule has 6 heteroatoms. The number of oxime groups is 1. The fourth-order valence-corrected chi connectivity index (χ4v) is 3.26. The fourth-order valence-electron chi connectivity index (χ4n) is 3.26. The Morgan fingerprint density at radius 2 is 1.93 bits per heavy atom. The molecule has 0 saturated carbocycles. The lowest BCUT2D eigenvalue weighted by Crippen LogP contribution is -2.24. The number of anilines is 1. The molecule has 1 N–H and O–H groups in total. The van der Waals surface area contributed by atoms with Crippen LogP contribution in [0.15, 0.2) is 53.7 Å². The smallest absolute Gasteiger partial charge is 0.223 e. The van der Waals surface area contributed by atoms with Gasteiger partial charge in [-0.1, -0.05) is 29.4 Å². The van der Waals surface area contributed by atoms with Crippen LogP contribution in [-0.4, -0.2) is 37.1 Å². The maximum Gasteiger partial charge on any atom is 0.223 e. The maximum atomic E-state index is 11.4. The molecule has 0 unspecified atom stereocenters. The number of benzene rings is 2. The summed E-state index contributed by atoms with van der Waals surface area (Å²) < 4.78 is 11.3. The van der Waals surface area contributed by atoms with Crippen LogP contribution in [0.4, 0.5) is 5.69 Å². The summed E-state index contributed by atoms with van der Waals surface area (Å²) in [6, 6.07) is 15.3. The number of rotatable bonds is 6. The quantitative estimate of drug-likeness (QED) is 0.468. The minimum atomic E-state index is -0.00769. The summed E-state index contributed by atoms with van der Waals surface area (Å²) in [4.78, 5) is 13.0. The molecule has 2 aromatic carbocycles. The molecular formula is C22H26N2O4. The first-order valence-electron chi connectivity index (χ1n) is 9.44. The molecule has 3 rings (SSSR count). The van der Waals surface area contributed by atoms with Crippen LogP contribution in [0.3, 0.4) is 0 Å². The van der Waals surface area contributed by atoms with E-state index < -0.39 is 0 Å². The summed E-state index contributed by atoms with van der Waals surface area (Å²) in [5.41, 5.74) is 3.40. The van der Waals surface area contributed by atoms with Gasteiger partial charge in [-0.15, -0.1) is 0 Å². The van der Waals surface area contributed by atoms with Crippen molar-refractivity contribution >= 4 is 17.3 Å². The van der Waals surface area contributed by atoms with Crippen LogP contribution in [0.1, 0.15) is 30.9 Å². The third-order valence-electron chi connectivity index (χ3n) is 5.05. The van der Waals surface area contributed by atoms with Crippen LogP contribution in [0, 0.1) is 5.92 Å². The van der Waals surface area contributed by atoms with E-state index in [-0.39, 0.29) is 11.8 Å². The van der Waals surface area contributed by atoms with Gasteiger partial charge in [0.05, 0.1) is 5.71 Å². The molecule has 0 spiro atoms. The average molecular weight is 382 g/mol. The SMILES string of the molecule is CC(=O)N(C)c1ccc(COc2cccc(/C(=N\O)C3CCOCC3)c2)cc1. The highest BCUT2D eigenvalue weighted by molar-refractivity contribution is 6.02. The van der Waals surface area contributed by atoms with E-state index in [1.807, 2.05) is 48.5 Å². The summed E-state index contributed by atoms with van der Waals surface area (Å²) >= 11 is 0. The predicted molar refractivity (Wildman–Crippen MR) is 108 cm³/mol. The van der Waals surface area contributed by atoms with Crippen molar-refractivity contribution in [3.63, 3.8) is 0 Å². The molecule has 1 fully saturated rings. The lowest BCUT2D eigenvalue weighted by atomic mass is 9.90. The Labute approximate surface area is 165 Å². The summed E-state index contributed by atoms with van der Waals surface area (Å²) in [6.07, 6.45) is 1.71. The zero-order chi connectivity index (χ0) is 19.9. The molecule has 28 heavy (non-hydrogen) atoms. The minimum absolute atomic E-state index is 0.00769. The second-order valence-electron chi connectivity index (χ2n) is 6.93. The number of amides is 1. The highest BCUT2D eigenvalue weighted by atomic mass is 16.5. The van der Waals surface area contributed by atoms with Crippen molar-refractivity contribution in [1.29, 1.82) is 0 Å². The van der Waals surface area contributed by atoms with Crippen molar-refractivity contribution in [2.45, 2.75) is 26.4 Å². The van der Waals surface area contributed by atoms with Crippen molar-refractivity contribution < 1.29 is 19.5 Å². The zero-order valence-electron chi connectivity index (χ0n) is 16.3. The third kappa shape index (κ3) is 4.89. The van der Waals surface area contributed by atoms with Gasteiger partial charge in [-0.3, -0.25) is 4.79 Å². The molecule has 0 aliphatic carbocycles. The number of carbonyl (C=O) groups is 1. The molecule has 148 valence electrons. The first-order chi connectivity index (χ1) is 13.6. The lowest BCUT2D eigenvalue weighted by molar-refractivity contribution is -0.116. The third-order valence-corrected chi connectivity index (χ3v) is 5.05. The fraction of sp³-hybridized carbons (Fsp3) is 0.364. The maximum absolute atomic E-state index is 11.4. The van der Waals surface area contributed by atoms with Crippen molar-refractivity contribution in [1.82, 2.24) is 0 Å². The lowest BCUT2D eigenvalue weighted by Gasteiger charge is -2.23. The number of hydrogen-bond acceptors (Lipinski definition) is 5. The van der Waals surface area contributed by atoms with Crippen molar-refractivity contribution in [2.24, 2.45) is 11.1 Å². The van der Waals surface area contributed by atoms with E-state index in [0.717, 1.165) is 35.4 Å². The van der Waals surface area contributed by atoms with Crippen LogP contribution in [0.2, 0.25) is 0 Å². The molecule has 1 heterocycles. The topological polar surface area (TPSA) is 71.4 Å². The van der Waals surface area contributed by atoms with Gasteiger partial charge in [-0.05, 0) is 42.7 Å². The Balaban J connectivity index is 1.65. The van der Waals surface area contributed by atoms with Gasteiger partial charge >= 0.3 is 0 Å². The van der Waals surface area contributed by atoms with E-state index in [9.17, 15) is 10.0 Å². The Kier molecular flexibility index (Phi) is 6.66. The van der Waals surface area contributed by atoms with Crippen LogP contribution >= 0.6 is 0 Å². The van der Waals surface area contributed by atoms with E-state index in [1.54, 1.807) is 11.9 Å². The molecule has 0 bridgehead atoms. The molecule has 1 saturated heterocycles.